The summed E-state index contributed by atoms with van der Waals surface area (Å²) in [6.07, 6.45) is 2.10. The zero-order valence-corrected chi connectivity index (χ0v) is 17.7. The molecule has 0 saturated carbocycles. The fourth-order valence-electron chi connectivity index (χ4n) is 3.91. The van der Waals surface area contributed by atoms with Gasteiger partial charge in [-0.3, -0.25) is 9.59 Å². The summed E-state index contributed by atoms with van der Waals surface area (Å²) < 4.78 is 5.55. The van der Waals surface area contributed by atoms with Gasteiger partial charge in [-0.25, -0.2) is 14.9 Å². The molecule has 2 amide bonds. The summed E-state index contributed by atoms with van der Waals surface area (Å²) in [6.45, 7) is 1.27. The molecule has 31 heavy (non-hydrogen) atoms. The van der Waals surface area contributed by atoms with Crippen LogP contribution in [0.25, 0.3) is 0 Å². The molecule has 2 aromatic rings. The fourth-order valence-corrected chi connectivity index (χ4v) is 4.74. The van der Waals surface area contributed by atoms with Crippen molar-refractivity contribution in [2.24, 2.45) is 9.98 Å². The monoisotopic (exact) mass is 434 g/mol. The first-order chi connectivity index (χ1) is 15.2. The lowest BCUT2D eigenvalue weighted by atomic mass is 10.1. The lowest BCUT2D eigenvalue weighted by Crippen LogP contribution is -2.40. The molecule has 0 spiro atoms. The van der Waals surface area contributed by atoms with Crippen molar-refractivity contribution in [2.75, 3.05) is 18.9 Å². The molecule has 3 aliphatic heterocycles. The minimum absolute atomic E-state index is 0.0957. The van der Waals surface area contributed by atoms with Crippen LogP contribution in [0.2, 0.25) is 0 Å². The predicted molar refractivity (Wildman–Crippen MR) is 121 cm³/mol. The van der Waals surface area contributed by atoms with Crippen molar-refractivity contribution < 1.29 is 14.3 Å². The molecule has 1 saturated heterocycles. The van der Waals surface area contributed by atoms with Gasteiger partial charge in [0.05, 0.1) is 17.5 Å². The summed E-state index contributed by atoms with van der Waals surface area (Å²) >= 11 is 1.25. The number of amides is 2. The first-order valence-corrected chi connectivity index (χ1v) is 11.3. The molecule has 0 aliphatic carbocycles. The highest BCUT2D eigenvalue weighted by Gasteiger charge is 2.42. The van der Waals surface area contributed by atoms with Crippen molar-refractivity contribution in [3.63, 3.8) is 0 Å². The van der Waals surface area contributed by atoms with Gasteiger partial charge in [0.2, 0.25) is 5.91 Å². The molecule has 2 atom stereocenters. The third-order valence-corrected chi connectivity index (χ3v) is 6.41. The molecule has 0 radical (unpaired) electrons. The molecule has 7 nitrogen and oxygen atoms in total. The minimum Gasteiger partial charge on any atom is -0.376 e. The Bertz CT molecular complexity index is 1060. The number of thioether (sulfide) groups is 1. The van der Waals surface area contributed by atoms with Crippen LogP contribution in [0.3, 0.4) is 0 Å². The predicted octanol–water partition coefficient (Wildman–Crippen LogP) is 3.05. The Morgan fingerprint density at radius 2 is 1.97 bits per heavy atom. The van der Waals surface area contributed by atoms with Crippen molar-refractivity contribution in [2.45, 2.75) is 25.0 Å². The Balaban J connectivity index is 1.35. The normalized spacial score (nSPS) is 21.9. The number of rotatable bonds is 5. The molecule has 5 rings (SSSR count). The van der Waals surface area contributed by atoms with Crippen LogP contribution >= 0.6 is 11.8 Å². The van der Waals surface area contributed by atoms with Gasteiger partial charge in [-0.2, -0.15) is 0 Å². The van der Waals surface area contributed by atoms with E-state index in [0.717, 1.165) is 36.3 Å². The molecule has 0 bridgehead atoms. The van der Waals surface area contributed by atoms with E-state index in [1.165, 1.54) is 11.8 Å². The van der Waals surface area contributed by atoms with Crippen molar-refractivity contribution in [1.82, 2.24) is 10.2 Å². The molecule has 1 fully saturated rings. The van der Waals surface area contributed by atoms with Gasteiger partial charge in [0, 0.05) is 18.7 Å². The van der Waals surface area contributed by atoms with Crippen LogP contribution in [-0.4, -0.2) is 52.7 Å². The summed E-state index contributed by atoms with van der Waals surface area (Å²) in [4.78, 5) is 36.7. The van der Waals surface area contributed by atoms with Crippen molar-refractivity contribution in [1.29, 1.82) is 0 Å². The van der Waals surface area contributed by atoms with Crippen LogP contribution in [0, 0.1) is 0 Å². The summed E-state index contributed by atoms with van der Waals surface area (Å²) in [5.74, 6) is 0.501. The number of carbonyl (C=O) groups excluding carboxylic acids is 2. The number of hydrogen-bond acceptors (Lipinski definition) is 6. The zero-order chi connectivity index (χ0) is 21.2. The number of fused-ring (bicyclic) bond motifs is 3. The Morgan fingerprint density at radius 3 is 2.77 bits per heavy atom. The van der Waals surface area contributed by atoms with E-state index < -0.39 is 6.04 Å². The van der Waals surface area contributed by atoms with Gasteiger partial charge in [0.1, 0.15) is 5.84 Å². The lowest BCUT2D eigenvalue weighted by Gasteiger charge is -2.25. The smallest absolute Gasteiger partial charge is 0.263 e. The van der Waals surface area contributed by atoms with Crippen LogP contribution in [0.4, 0.5) is 5.69 Å². The van der Waals surface area contributed by atoms with Crippen LogP contribution in [0.15, 0.2) is 64.6 Å². The first kappa shape index (κ1) is 20.0. The van der Waals surface area contributed by atoms with Gasteiger partial charge in [0.25, 0.3) is 5.91 Å². The number of aliphatic imine (C=N–C) groups is 2. The van der Waals surface area contributed by atoms with Gasteiger partial charge < -0.3 is 10.1 Å². The lowest BCUT2D eigenvalue weighted by molar-refractivity contribution is -0.124. The number of carbonyl (C=O) groups is 2. The maximum Gasteiger partial charge on any atom is 0.263 e. The molecule has 158 valence electrons. The number of hydrogen-bond donors (Lipinski definition) is 1. The minimum atomic E-state index is -0.610. The molecule has 2 aromatic carbocycles. The largest absolute Gasteiger partial charge is 0.376 e. The maximum absolute atomic E-state index is 13.3. The SMILES string of the molecule is O=C(CSC1=Nc2ccccc2C2=N[C@H](c3ccccc3)C(=O)N12)NC[C@@H]1CCCO1. The Hall–Kier alpha value is -2.97. The summed E-state index contributed by atoms with van der Waals surface area (Å²) in [5, 5.41) is 3.40. The number of nitrogens with one attached hydrogen (secondary N) is 1. The van der Waals surface area contributed by atoms with Gasteiger partial charge >= 0.3 is 0 Å². The second kappa shape index (κ2) is 8.64. The average molecular weight is 435 g/mol. The van der Waals surface area contributed by atoms with E-state index in [1.54, 1.807) is 4.90 Å². The standard InChI is InChI=1S/C23H22N4O3S/c28-19(24-13-16-9-6-12-30-16)14-31-23-25-18-11-5-4-10-17(18)21-26-20(22(29)27(21)23)15-7-2-1-3-8-15/h1-5,7-8,10-11,16,20H,6,9,12-14H2,(H,24,28)/t16-,20+/m0/s1. The zero-order valence-electron chi connectivity index (χ0n) is 16.9. The van der Waals surface area contributed by atoms with E-state index in [0.29, 0.717) is 17.5 Å². The molecular formula is C23H22N4O3S. The summed E-state index contributed by atoms with van der Waals surface area (Å²) in [5.41, 5.74) is 2.41. The first-order valence-electron chi connectivity index (χ1n) is 10.4. The molecular weight excluding hydrogens is 412 g/mol. The van der Waals surface area contributed by atoms with E-state index in [1.807, 2.05) is 54.6 Å². The van der Waals surface area contributed by atoms with Gasteiger partial charge in [-0.05, 0) is 30.5 Å². The van der Waals surface area contributed by atoms with Crippen molar-refractivity contribution >= 4 is 40.3 Å². The quantitative estimate of drug-likeness (QED) is 0.784. The van der Waals surface area contributed by atoms with E-state index in [2.05, 4.69) is 10.3 Å². The molecule has 8 heteroatoms. The van der Waals surface area contributed by atoms with Crippen molar-refractivity contribution in [3.8, 4) is 0 Å². The highest BCUT2D eigenvalue weighted by atomic mass is 32.2. The van der Waals surface area contributed by atoms with Crippen LogP contribution in [0.5, 0.6) is 0 Å². The average Bonchev–Trinajstić information content (AvgIpc) is 3.45. The summed E-state index contributed by atoms with van der Waals surface area (Å²) in [7, 11) is 0. The highest BCUT2D eigenvalue weighted by Crippen LogP contribution is 2.37. The van der Waals surface area contributed by atoms with Gasteiger partial charge in [-0.1, -0.05) is 54.2 Å². The molecule has 3 heterocycles. The van der Waals surface area contributed by atoms with E-state index >= 15 is 0 Å². The second-order valence-corrected chi connectivity index (χ2v) is 8.52. The molecule has 3 aliphatic rings. The van der Waals surface area contributed by atoms with Crippen LogP contribution < -0.4 is 5.32 Å². The number of para-hydroxylation sites is 1. The Labute approximate surface area is 184 Å². The number of ether oxygens (including phenoxy) is 1. The highest BCUT2D eigenvalue weighted by molar-refractivity contribution is 8.14. The second-order valence-electron chi connectivity index (χ2n) is 7.58. The third-order valence-electron chi connectivity index (χ3n) is 5.47. The maximum atomic E-state index is 13.3. The topological polar surface area (TPSA) is 83.4 Å². The van der Waals surface area contributed by atoms with E-state index in [9.17, 15) is 9.59 Å². The van der Waals surface area contributed by atoms with E-state index in [-0.39, 0.29) is 23.7 Å². The third kappa shape index (κ3) is 4.00. The Morgan fingerprint density at radius 1 is 1.16 bits per heavy atom. The van der Waals surface area contributed by atoms with Crippen molar-refractivity contribution in [3.05, 3.63) is 65.7 Å². The molecule has 0 unspecified atom stereocenters. The van der Waals surface area contributed by atoms with Crippen LogP contribution in [-0.2, 0) is 14.3 Å². The van der Waals surface area contributed by atoms with Gasteiger partial charge in [-0.15, -0.1) is 0 Å². The van der Waals surface area contributed by atoms with Crippen LogP contribution in [0.1, 0.15) is 30.0 Å². The molecule has 0 aromatic heterocycles. The van der Waals surface area contributed by atoms with Gasteiger partial charge in [0.15, 0.2) is 11.2 Å². The number of amidine groups is 2. The fraction of sp³-hybridized carbons (Fsp3) is 0.304. The summed E-state index contributed by atoms with van der Waals surface area (Å²) in [6, 6.07) is 16.5. The molecule has 1 N–H and O–H groups in total. The van der Waals surface area contributed by atoms with E-state index in [4.69, 9.17) is 9.73 Å². The number of nitrogens with zero attached hydrogens (tertiary/aromatic N) is 3. The Kier molecular flexibility index (Phi) is 5.57. The number of benzene rings is 2.